The maximum Gasteiger partial charge on any atom is 0.229 e. The van der Waals surface area contributed by atoms with E-state index in [1.165, 1.54) is 6.20 Å². The second kappa shape index (κ2) is 8.00. The number of aromatic amines is 1. The molecule has 3 rings (SSSR count). The molecule has 0 fully saturated rings. The van der Waals surface area contributed by atoms with Crippen molar-refractivity contribution in [3.63, 3.8) is 0 Å². The Balaban J connectivity index is 0.00000208. The molecule has 2 aromatic heterocycles. The summed E-state index contributed by atoms with van der Waals surface area (Å²) in [5.74, 6) is 0. The van der Waals surface area contributed by atoms with E-state index in [0.717, 1.165) is 0 Å². The van der Waals surface area contributed by atoms with E-state index in [2.05, 4.69) is 16.3 Å². The van der Waals surface area contributed by atoms with E-state index in [4.69, 9.17) is 34.8 Å². The number of nitrogens with zero attached hydrogens (tertiary/aromatic N) is 3. The highest BCUT2D eigenvalue weighted by Gasteiger charge is 2.32. The summed E-state index contributed by atoms with van der Waals surface area (Å²) in [5, 5.41) is 17.5. The van der Waals surface area contributed by atoms with Crippen LogP contribution in [0.15, 0.2) is 48.9 Å². The minimum atomic E-state index is -0.425. The zero-order chi connectivity index (χ0) is 16.4. The second-order valence-electron chi connectivity index (χ2n) is 4.82. The number of nitriles is 1. The van der Waals surface area contributed by atoms with E-state index in [0.29, 0.717) is 31.9 Å². The smallest absolute Gasteiger partial charge is 0.229 e. The molecule has 1 atom stereocenters. The number of pyridine rings is 1. The van der Waals surface area contributed by atoms with Crippen LogP contribution in [0.3, 0.4) is 0 Å². The molecule has 0 saturated carbocycles. The van der Waals surface area contributed by atoms with Gasteiger partial charge in [0, 0.05) is 17.2 Å². The van der Waals surface area contributed by atoms with Crippen LogP contribution in [0.4, 0.5) is 0 Å². The molecule has 0 radical (unpaired) electrons. The first kappa shape index (κ1) is 18.8. The second-order valence-corrected chi connectivity index (χ2v) is 6.07. The lowest BCUT2D eigenvalue weighted by atomic mass is 10.0. The van der Waals surface area contributed by atoms with Gasteiger partial charge in [-0.25, -0.2) is 0 Å². The fourth-order valence-electron chi connectivity index (χ4n) is 2.43. The molecule has 1 aromatic carbocycles. The molecule has 0 saturated heterocycles. The molecule has 0 aliphatic heterocycles. The normalized spacial score (nSPS) is 11.4. The SMILES string of the molecule is N#Cc1cn[nH]c1C(c1c(Cl)cc(Cl)cc1Cl)[n+]1ccccc1.[Br-]. The number of hydrogen-bond donors (Lipinski definition) is 1. The minimum absolute atomic E-state index is 0. The Labute approximate surface area is 164 Å². The number of rotatable bonds is 3. The van der Waals surface area contributed by atoms with Gasteiger partial charge in [0.25, 0.3) is 0 Å². The standard InChI is InChI=1S/C16H10Cl3N4.BrH/c17-11-6-12(18)14(13(19)7-11)16(23-4-2-1-3-5-23)15-10(8-20)9-21-22-15;/h1-7,9,16H,(H,21,22);1H/q+1;/p-1. The van der Waals surface area contributed by atoms with Gasteiger partial charge >= 0.3 is 0 Å². The molecule has 0 bridgehead atoms. The van der Waals surface area contributed by atoms with Crippen LogP contribution in [-0.2, 0) is 0 Å². The molecular weight excluding hydrogens is 434 g/mol. The average Bonchev–Trinajstić information content (AvgIpc) is 2.99. The zero-order valence-electron chi connectivity index (χ0n) is 12.0. The van der Waals surface area contributed by atoms with E-state index < -0.39 is 6.04 Å². The molecule has 0 aliphatic rings. The largest absolute Gasteiger partial charge is 1.00 e. The summed E-state index contributed by atoms with van der Waals surface area (Å²) < 4.78 is 1.90. The third-order valence-corrected chi connectivity index (χ3v) is 4.26. The first-order chi connectivity index (χ1) is 11.1. The van der Waals surface area contributed by atoms with Crippen molar-refractivity contribution in [3.05, 3.63) is 80.8 Å². The topological polar surface area (TPSA) is 56.4 Å². The van der Waals surface area contributed by atoms with Gasteiger partial charge in [-0.3, -0.25) is 5.10 Å². The predicted molar refractivity (Wildman–Crippen MR) is 88.7 cm³/mol. The molecule has 0 amide bonds. The Morgan fingerprint density at radius 2 is 1.71 bits per heavy atom. The minimum Gasteiger partial charge on any atom is -1.00 e. The van der Waals surface area contributed by atoms with Gasteiger partial charge in [0.15, 0.2) is 12.4 Å². The Bertz CT molecular complexity index is 867. The summed E-state index contributed by atoms with van der Waals surface area (Å²) in [6, 6.07) is 10.6. The van der Waals surface area contributed by atoms with Gasteiger partial charge in [-0.1, -0.05) is 40.9 Å². The Morgan fingerprint density at radius 1 is 1.08 bits per heavy atom. The summed E-state index contributed by atoms with van der Waals surface area (Å²) in [5.41, 5.74) is 1.68. The van der Waals surface area contributed by atoms with Crippen molar-refractivity contribution in [2.45, 2.75) is 6.04 Å². The molecule has 24 heavy (non-hydrogen) atoms. The molecule has 0 spiro atoms. The van der Waals surface area contributed by atoms with Crippen LogP contribution in [0.25, 0.3) is 0 Å². The van der Waals surface area contributed by atoms with Crippen molar-refractivity contribution in [2.75, 3.05) is 0 Å². The number of hydrogen-bond acceptors (Lipinski definition) is 2. The van der Waals surface area contributed by atoms with Gasteiger partial charge < -0.3 is 17.0 Å². The van der Waals surface area contributed by atoms with Crippen molar-refractivity contribution in [3.8, 4) is 6.07 Å². The Morgan fingerprint density at radius 3 is 2.29 bits per heavy atom. The quantitative estimate of drug-likeness (QED) is 0.617. The lowest BCUT2D eigenvalue weighted by Gasteiger charge is -2.15. The highest BCUT2D eigenvalue weighted by molar-refractivity contribution is 6.39. The molecule has 3 aromatic rings. The van der Waals surface area contributed by atoms with Gasteiger partial charge in [-0.2, -0.15) is 14.9 Å². The van der Waals surface area contributed by atoms with Crippen LogP contribution < -0.4 is 21.5 Å². The first-order valence-corrected chi connectivity index (χ1v) is 7.78. The van der Waals surface area contributed by atoms with Crippen molar-refractivity contribution in [2.24, 2.45) is 0 Å². The van der Waals surface area contributed by atoms with Crippen LogP contribution in [-0.4, -0.2) is 10.2 Å². The number of benzene rings is 1. The lowest BCUT2D eigenvalue weighted by Crippen LogP contribution is -3.00. The fraction of sp³-hybridized carbons (Fsp3) is 0.0625. The first-order valence-electron chi connectivity index (χ1n) is 6.65. The van der Waals surface area contributed by atoms with Gasteiger partial charge in [-0.15, -0.1) is 0 Å². The highest BCUT2D eigenvalue weighted by atomic mass is 79.9. The van der Waals surface area contributed by atoms with Crippen LogP contribution >= 0.6 is 34.8 Å². The third kappa shape index (κ3) is 3.57. The molecule has 8 heteroatoms. The van der Waals surface area contributed by atoms with E-state index >= 15 is 0 Å². The maximum atomic E-state index is 9.33. The fourth-order valence-corrected chi connectivity index (χ4v) is 3.46. The monoisotopic (exact) mass is 442 g/mol. The molecule has 0 aliphatic carbocycles. The number of nitrogens with one attached hydrogen (secondary N) is 1. The van der Waals surface area contributed by atoms with Gasteiger partial charge in [-0.05, 0) is 12.1 Å². The summed E-state index contributed by atoms with van der Waals surface area (Å²) in [7, 11) is 0. The number of aromatic nitrogens is 3. The third-order valence-electron chi connectivity index (χ3n) is 3.42. The van der Waals surface area contributed by atoms with Crippen LogP contribution in [0.2, 0.25) is 15.1 Å². The molecule has 2 heterocycles. The summed E-state index contributed by atoms with van der Waals surface area (Å²) in [4.78, 5) is 0. The van der Waals surface area contributed by atoms with Crippen LogP contribution in [0, 0.1) is 11.3 Å². The zero-order valence-corrected chi connectivity index (χ0v) is 15.9. The number of H-pyrrole nitrogens is 1. The Hall–Kier alpha value is -1.58. The van der Waals surface area contributed by atoms with Crippen LogP contribution in [0.5, 0.6) is 0 Å². The summed E-state index contributed by atoms with van der Waals surface area (Å²) in [6.45, 7) is 0. The van der Waals surface area contributed by atoms with Crippen molar-refractivity contribution >= 4 is 34.8 Å². The van der Waals surface area contributed by atoms with Crippen molar-refractivity contribution in [1.82, 2.24) is 10.2 Å². The van der Waals surface area contributed by atoms with Gasteiger partial charge in [0.2, 0.25) is 6.04 Å². The molecule has 4 nitrogen and oxygen atoms in total. The number of halogens is 4. The molecular formula is C16H10BrCl3N4. The molecule has 1 N–H and O–H groups in total. The summed E-state index contributed by atoms with van der Waals surface area (Å²) >= 11 is 18.8. The maximum absolute atomic E-state index is 9.33. The van der Waals surface area contributed by atoms with Crippen molar-refractivity contribution in [1.29, 1.82) is 5.26 Å². The highest BCUT2D eigenvalue weighted by Crippen LogP contribution is 2.36. The summed E-state index contributed by atoms with van der Waals surface area (Å²) in [6.07, 6.45) is 5.21. The van der Waals surface area contributed by atoms with E-state index in [-0.39, 0.29) is 17.0 Å². The van der Waals surface area contributed by atoms with Gasteiger partial charge in [0.05, 0.1) is 21.8 Å². The average molecular weight is 445 g/mol. The predicted octanol–water partition coefficient (Wildman–Crippen LogP) is 1.17. The van der Waals surface area contributed by atoms with E-state index in [9.17, 15) is 5.26 Å². The molecule has 1 unspecified atom stereocenters. The van der Waals surface area contributed by atoms with Crippen LogP contribution in [0.1, 0.15) is 22.9 Å². The molecule has 122 valence electrons. The van der Waals surface area contributed by atoms with E-state index in [1.807, 2.05) is 35.2 Å². The van der Waals surface area contributed by atoms with Crippen molar-refractivity contribution < 1.29 is 21.5 Å². The van der Waals surface area contributed by atoms with E-state index in [1.54, 1.807) is 12.1 Å². The Kier molecular flexibility index (Phi) is 6.25. The van der Waals surface area contributed by atoms with Gasteiger partial charge in [0.1, 0.15) is 17.3 Å². The lowest BCUT2D eigenvalue weighted by molar-refractivity contribution is -0.705.